The van der Waals surface area contributed by atoms with Gasteiger partial charge in [0, 0.05) is 11.6 Å². The molecule has 3 aromatic rings. The van der Waals surface area contributed by atoms with Gasteiger partial charge in [-0.2, -0.15) is 0 Å². The molecule has 0 saturated carbocycles. The number of carbonyl (C=O) groups is 2. The molecule has 1 saturated heterocycles. The van der Waals surface area contributed by atoms with E-state index in [0.717, 1.165) is 23.1 Å². The van der Waals surface area contributed by atoms with E-state index in [1.54, 1.807) is 6.92 Å². The Morgan fingerprint density at radius 1 is 1.07 bits per heavy atom. The highest BCUT2D eigenvalue weighted by Crippen LogP contribution is 2.41. The van der Waals surface area contributed by atoms with Crippen molar-refractivity contribution in [3.63, 3.8) is 0 Å². The zero-order valence-corrected chi connectivity index (χ0v) is 15.1. The van der Waals surface area contributed by atoms with Crippen LogP contribution in [0, 0.1) is 18.6 Å². The maximum absolute atomic E-state index is 13.9. The molecule has 6 nitrogen and oxygen atoms in total. The van der Waals surface area contributed by atoms with Crippen LogP contribution in [-0.2, 0) is 9.59 Å². The summed E-state index contributed by atoms with van der Waals surface area (Å²) in [7, 11) is 0. The fourth-order valence-electron chi connectivity index (χ4n) is 3.29. The number of aryl methyl sites for hydroxylation is 1. The summed E-state index contributed by atoms with van der Waals surface area (Å²) in [5.41, 5.74) is 0.142. The molecule has 0 unspecified atom stereocenters. The van der Waals surface area contributed by atoms with Crippen molar-refractivity contribution in [1.82, 2.24) is 5.16 Å². The molecule has 2 aromatic carbocycles. The summed E-state index contributed by atoms with van der Waals surface area (Å²) in [6.07, 6.45) is 0. The molecule has 1 fully saturated rings. The molecule has 1 aliphatic heterocycles. The third-order valence-electron chi connectivity index (χ3n) is 4.59. The van der Waals surface area contributed by atoms with Crippen molar-refractivity contribution in [3.05, 3.63) is 88.7 Å². The molecule has 29 heavy (non-hydrogen) atoms. The van der Waals surface area contributed by atoms with Crippen LogP contribution in [0.2, 0.25) is 0 Å². The van der Waals surface area contributed by atoms with Gasteiger partial charge in [-0.05, 0) is 48.9 Å². The average Bonchev–Trinajstić information content (AvgIpc) is 3.23. The maximum atomic E-state index is 13.9. The highest BCUT2D eigenvalue weighted by atomic mass is 19.1. The number of aliphatic hydroxyl groups excluding tert-OH is 1. The lowest BCUT2D eigenvalue weighted by molar-refractivity contribution is -0.132. The van der Waals surface area contributed by atoms with Gasteiger partial charge in [0.25, 0.3) is 5.78 Å². The fourth-order valence-corrected chi connectivity index (χ4v) is 3.29. The molecule has 8 heteroatoms. The van der Waals surface area contributed by atoms with E-state index in [9.17, 15) is 23.5 Å². The van der Waals surface area contributed by atoms with Crippen molar-refractivity contribution in [1.29, 1.82) is 0 Å². The van der Waals surface area contributed by atoms with Crippen LogP contribution in [0.5, 0.6) is 0 Å². The first-order valence-electron chi connectivity index (χ1n) is 8.62. The predicted octanol–water partition coefficient (Wildman–Crippen LogP) is 3.89. The number of halogens is 2. The van der Waals surface area contributed by atoms with Crippen LogP contribution in [-0.4, -0.2) is 22.0 Å². The molecule has 0 bridgehead atoms. The van der Waals surface area contributed by atoms with Gasteiger partial charge in [0.05, 0.1) is 11.6 Å². The molecule has 1 atom stereocenters. The monoisotopic (exact) mass is 396 g/mol. The molecule has 2 heterocycles. The van der Waals surface area contributed by atoms with Crippen LogP contribution in [0.15, 0.2) is 64.7 Å². The Hall–Kier alpha value is -3.81. The lowest BCUT2D eigenvalue weighted by Gasteiger charge is -2.22. The van der Waals surface area contributed by atoms with Crippen molar-refractivity contribution < 1.29 is 28.0 Å². The molecule has 1 aromatic heterocycles. The first kappa shape index (κ1) is 18.5. The molecular weight excluding hydrogens is 382 g/mol. The normalized spacial score (nSPS) is 18.4. The molecule has 4 rings (SSSR count). The van der Waals surface area contributed by atoms with Crippen molar-refractivity contribution in [2.75, 3.05) is 4.90 Å². The number of anilines is 1. The molecule has 146 valence electrons. The van der Waals surface area contributed by atoms with E-state index in [4.69, 9.17) is 4.52 Å². The number of aromatic nitrogens is 1. The Morgan fingerprint density at radius 3 is 2.41 bits per heavy atom. The van der Waals surface area contributed by atoms with Gasteiger partial charge in [-0.3, -0.25) is 14.5 Å². The van der Waals surface area contributed by atoms with Gasteiger partial charge in [-0.15, -0.1) is 0 Å². The van der Waals surface area contributed by atoms with Crippen molar-refractivity contribution in [2.24, 2.45) is 0 Å². The standard InChI is InChI=1S/C21H14F2N2O4/c1-11-9-16(24-29-11)25-18(13-3-2-4-15(23)10-13)17(20(27)21(25)28)19(26)12-5-7-14(22)8-6-12/h2-10,18,26H,1H3/b19-17+/t18-/m0/s1. The highest BCUT2D eigenvalue weighted by molar-refractivity contribution is 6.51. The summed E-state index contributed by atoms with van der Waals surface area (Å²) < 4.78 is 32.2. The summed E-state index contributed by atoms with van der Waals surface area (Å²) in [4.78, 5) is 26.6. The Morgan fingerprint density at radius 2 is 1.79 bits per heavy atom. The van der Waals surface area contributed by atoms with Crippen LogP contribution in [0.1, 0.15) is 22.9 Å². The Kier molecular flexibility index (Phi) is 4.46. The number of aliphatic hydroxyl groups is 1. The van der Waals surface area contributed by atoms with Crippen molar-refractivity contribution in [2.45, 2.75) is 13.0 Å². The lowest BCUT2D eigenvalue weighted by Crippen LogP contribution is -2.29. The molecule has 0 radical (unpaired) electrons. The quantitative estimate of drug-likeness (QED) is 0.413. The molecular formula is C21H14F2N2O4. The summed E-state index contributed by atoms with van der Waals surface area (Å²) >= 11 is 0. The number of nitrogens with zero attached hydrogens (tertiary/aromatic N) is 2. The number of rotatable bonds is 3. The second-order valence-electron chi connectivity index (χ2n) is 6.53. The molecule has 1 amide bonds. The van der Waals surface area contributed by atoms with Gasteiger partial charge in [0.1, 0.15) is 23.2 Å². The number of Topliss-reactive ketones (excluding diaryl/α,β-unsaturated/α-hetero) is 1. The number of hydrogen-bond donors (Lipinski definition) is 1. The van der Waals surface area contributed by atoms with Crippen LogP contribution in [0.25, 0.3) is 5.76 Å². The third-order valence-corrected chi connectivity index (χ3v) is 4.59. The van der Waals surface area contributed by atoms with Gasteiger partial charge in [-0.25, -0.2) is 8.78 Å². The summed E-state index contributed by atoms with van der Waals surface area (Å²) in [6.45, 7) is 1.61. The number of benzene rings is 2. The average molecular weight is 396 g/mol. The second-order valence-corrected chi connectivity index (χ2v) is 6.53. The van der Waals surface area contributed by atoms with Crippen LogP contribution in [0.3, 0.4) is 0 Å². The van der Waals surface area contributed by atoms with E-state index in [1.807, 2.05) is 0 Å². The zero-order chi connectivity index (χ0) is 20.7. The third kappa shape index (κ3) is 3.18. The van der Waals surface area contributed by atoms with Gasteiger partial charge in [0.2, 0.25) is 0 Å². The van der Waals surface area contributed by atoms with Crippen molar-refractivity contribution in [3.8, 4) is 0 Å². The molecule has 1 N–H and O–H groups in total. The zero-order valence-electron chi connectivity index (χ0n) is 15.1. The first-order valence-corrected chi connectivity index (χ1v) is 8.62. The van der Waals surface area contributed by atoms with Gasteiger partial charge in [0.15, 0.2) is 5.82 Å². The van der Waals surface area contributed by atoms with Crippen LogP contribution in [0.4, 0.5) is 14.6 Å². The summed E-state index contributed by atoms with van der Waals surface area (Å²) in [5.74, 6) is -3.07. The Bertz CT molecular complexity index is 1150. The smallest absolute Gasteiger partial charge is 0.301 e. The summed E-state index contributed by atoms with van der Waals surface area (Å²) in [5, 5.41) is 14.6. The second kappa shape index (κ2) is 6.97. The van der Waals surface area contributed by atoms with Crippen LogP contribution < -0.4 is 4.90 Å². The number of ketones is 1. The van der Waals surface area contributed by atoms with E-state index >= 15 is 0 Å². The lowest BCUT2D eigenvalue weighted by atomic mass is 9.95. The van der Waals surface area contributed by atoms with Crippen molar-refractivity contribution >= 4 is 23.3 Å². The van der Waals surface area contributed by atoms with E-state index < -0.39 is 35.1 Å². The molecule has 0 spiro atoms. The van der Waals surface area contributed by atoms with E-state index in [1.165, 1.54) is 36.4 Å². The number of amides is 1. The van der Waals surface area contributed by atoms with Gasteiger partial charge in [-0.1, -0.05) is 17.3 Å². The minimum atomic E-state index is -1.14. The number of hydrogen-bond acceptors (Lipinski definition) is 5. The predicted molar refractivity (Wildman–Crippen MR) is 98.8 cm³/mol. The minimum Gasteiger partial charge on any atom is -0.507 e. The topological polar surface area (TPSA) is 83.6 Å². The van der Waals surface area contributed by atoms with E-state index in [-0.39, 0.29) is 22.5 Å². The van der Waals surface area contributed by atoms with Gasteiger partial charge < -0.3 is 9.63 Å². The fraction of sp³-hybridized carbons (Fsp3) is 0.0952. The molecule has 0 aliphatic carbocycles. The van der Waals surface area contributed by atoms with Crippen LogP contribution >= 0.6 is 0 Å². The maximum Gasteiger partial charge on any atom is 0.301 e. The highest BCUT2D eigenvalue weighted by Gasteiger charge is 2.48. The molecule has 1 aliphatic rings. The van der Waals surface area contributed by atoms with Gasteiger partial charge >= 0.3 is 5.91 Å². The first-order chi connectivity index (χ1) is 13.9. The minimum absolute atomic E-state index is 0.0528. The van der Waals surface area contributed by atoms with E-state index in [2.05, 4.69) is 5.16 Å². The largest absolute Gasteiger partial charge is 0.507 e. The SMILES string of the molecule is Cc1cc(N2C(=O)C(=O)/C(=C(/O)c3ccc(F)cc3)[C@@H]2c2cccc(F)c2)no1. The Balaban J connectivity index is 1.95. The Labute approximate surface area is 163 Å². The van der Waals surface area contributed by atoms with E-state index in [0.29, 0.717) is 5.76 Å². The summed E-state index contributed by atoms with van der Waals surface area (Å²) in [6, 6.07) is 10.4. The number of carbonyl (C=O) groups excluding carboxylic acids is 2.